The van der Waals surface area contributed by atoms with Gasteiger partial charge in [-0.2, -0.15) is 0 Å². The van der Waals surface area contributed by atoms with Crippen LogP contribution < -0.4 is 0 Å². The third-order valence-electron chi connectivity index (χ3n) is 10.8. The highest BCUT2D eigenvalue weighted by Crippen LogP contribution is 2.69. The Balaban J connectivity index is 1.66. The van der Waals surface area contributed by atoms with Crippen molar-refractivity contribution in [2.24, 2.45) is 52.3 Å². The van der Waals surface area contributed by atoms with Gasteiger partial charge in [-0.3, -0.25) is 4.79 Å². The molecule has 0 aromatic carbocycles. The van der Waals surface area contributed by atoms with Gasteiger partial charge in [-0.25, -0.2) is 0 Å². The van der Waals surface area contributed by atoms with E-state index in [2.05, 4.69) is 27.7 Å². The van der Waals surface area contributed by atoms with Gasteiger partial charge in [0, 0.05) is 6.42 Å². The van der Waals surface area contributed by atoms with Gasteiger partial charge in [0.05, 0.1) is 12.2 Å². The molecule has 4 aliphatic carbocycles. The standard InChI is InChI=1S/C26H44O4/c1-5-16-18-8-6-7-13-25(18,3)23-20(27)14-26(4)17(15(2)9-12-21(28)29)10-11-19(26)22(23)24(16)30/h15-20,22-24,27,30H,5-14H2,1-4H3,(H,28,29)/t15-,16-,17-,18+,19?,20+,22?,23?,24-,25+,26-/m1/s1. The third-order valence-corrected chi connectivity index (χ3v) is 10.8. The SMILES string of the molecule is CC[C@H]1[C@@H](O)C2C3CC[C@H]([C@H](C)CCC(=O)O)[C@@]3(C)C[C@H](O)C2[C@@]2(C)CCCC[C@@H]12. The van der Waals surface area contributed by atoms with Gasteiger partial charge in [0.2, 0.25) is 0 Å². The highest BCUT2D eigenvalue weighted by Gasteiger charge is 2.66. The van der Waals surface area contributed by atoms with Gasteiger partial charge < -0.3 is 15.3 Å². The van der Waals surface area contributed by atoms with Crippen LogP contribution in [0.1, 0.15) is 91.9 Å². The monoisotopic (exact) mass is 420 g/mol. The summed E-state index contributed by atoms with van der Waals surface area (Å²) < 4.78 is 0. The first-order chi connectivity index (χ1) is 14.1. The molecule has 172 valence electrons. The molecule has 0 aliphatic heterocycles. The van der Waals surface area contributed by atoms with Crippen LogP contribution in [0.5, 0.6) is 0 Å². The Labute approximate surface area is 182 Å². The average molecular weight is 421 g/mol. The van der Waals surface area contributed by atoms with Crippen LogP contribution in [0.3, 0.4) is 0 Å². The van der Waals surface area contributed by atoms with Crippen LogP contribution in [-0.2, 0) is 4.79 Å². The molecular weight excluding hydrogens is 376 g/mol. The van der Waals surface area contributed by atoms with Crippen LogP contribution in [0.4, 0.5) is 0 Å². The Kier molecular flexibility index (Phi) is 6.07. The van der Waals surface area contributed by atoms with E-state index < -0.39 is 5.97 Å². The molecule has 0 radical (unpaired) electrons. The third kappa shape index (κ3) is 3.27. The lowest BCUT2D eigenvalue weighted by Crippen LogP contribution is -2.65. The predicted molar refractivity (Wildman–Crippen MR) is 118 cm³/mol. The highest BCUT2D eigenvalue weighted by atomic mass is 16.4. The Bertz CT molecular complexity index is 649. The van der Waals surface area contributed by atoms with Crippen molar-refractivity contribution < 1.29 is 20.1 Å². The van der Waals surface area contributed by atoms with E-state index in [1.54, 1.807) is 0 Å². The largest absolute Gasteiger partial charge is 0.481 e. The fourth-order valence-electron chi connectivity index (χ4n) is 9.68. The van der Waals surface area contributed by atoms with Gasteiger partial charge >= 0.3 is 5.97 Å². The second-order valence-corrected chi connectivity index (χ2v) is 12.0. The molecule has 0 bridgehead atoms. The molecule has 0 saturated heterocycles. The van der Waals surface area contributed by atoms with E-state index in [9.17, 15) is 15.0 Å². The lowest BCUT2D eigenvalue weighted by Gasteiger charge is -2.65. The van der Waals surface area contributed by atoms with Crippen molar-refractivity contribution in [2.45, 2.75) is 104 Å². The van der Waals surface area contributed by atoms with Gasteiger partial charge in [0.25, 0.3) is 0 Å². The van der Waals surface area contributed by atoms with Gasteiger partial charge in [-0.05, 0) is 90.8 Å². The van der Waals surface area contributed by atoms with Crippen molar-refractivity contribution >= 4 is 5.97 Å². The second kappa shape index (κ2) is 8.06. The zero-order valence-electron chi connectivity index (χ0n) is 19.5. The molecule has 30 heavy (non-hydrogen) atoms. The molecule has 0 heterocycles. The fraction of sp³-hybridized carbons (Fsp3) is 0.962. The lowest BCUT2D eigenvalue weighted by molar-refractivity contribution is -0.229. The molecule has 11 atom stereocenters. The summed E-state index contributed by atoms with van der Waals surface area (Å²) in [5.41, 5.74) is 0.159. The maximum absolute atomic E-state index is 11.7. The van der Waals surface area contributed by atoms with Crippen molar-refractivity contribution in [3.05, 3.63) is 0 Å². The van der Waals surface area contributed by atoms with Crippen LogP contribution in [-0.4, -0.2) is 33.5 Å². The molecule has 0 aromatic rings. The summed E-state index contributed by atoms with van der Waals surface area (Å²) in [6.07, 6.45) is 9.31. The summed E-state index contributed by atoms with van der Waals surface area (Å²) in [7, 11) is 0. The van der Waals surface area contributed by atoms with Gasteiger partial charge in [0.15, 0.2) is 0 Å². The van der Waals surface area contributed by atoms with E-state index in [-0.39, 0.29) is 41.3 Å². The van der Waals surface area contributed by atoms with Crippen LogP contribution in [0, 0.1) is 52.3 Å². The van der Waals surface area contributed by atoms with Crippen molar-refractivity contribution in [1.29, 1.82) is 0 Å². The minimum Gasteiger partial charge on any atom is -0.481 e. The molecule has 3 N–H and O–H groups in total. The number of aliphatic hydroxyl groups is 2. The van der Waals surface area contributed by atoms with Crippen LogP contribution in [0.15, 0.2) is 0 Å². The molecule has 4 rings (SSSR count). The smallest absolute Gasteiger partial charge is 0.303 e. The van der Waals surface area contributed by atoms with E-state index in [1.807, 2.05) is 0 Å². The summed E-state index contributed by atoms with van der Waals surface area (Å²) in [5.74, 6) is 1.84. The maximum Gasteiger partial charge on any atom is 0.303 e. The molecule has 4 fully saturated rings. The zero-order chi connectivity index (χ0) is 21.8. The number of fused-ring (bicyclic) bond motifs is 5. The molecule has 0 spiro atoms. The number of carboxylic acid groups (broad SMARTS) is 1. The molecular formula is C26H44O4. The summed E-state index contributed by atoms with van der Waals surface area (Å²) in [6, 6.07) is 0. The topological polar surface area (TPSA) is 77.8 Å². The maximum atomic E-state index is 11.7. The minimum absolute atomic E-state index is 0.00956. The quantitative estimate of drug-likeness (QED) is 0.577. The summed E-state index contributed by atoms with van der Waals surface area (Å²) >= 11 is 0. The molecule has 3 unspecified atom stereocenters. The number of hydrogen-bond donors (Lipinski definition) is 3. The van der Waals surface area contributed by atoms with E-state index in [1.165, 1.54) is 25.7 Å². The highest BCUT2D eigenvalue weighted by molar-refractivity contribution is 5.66. The molecule has 4 heteroatoms. The average Bonchev–Trinajstić information content (AvgIpc) is 3.02. The molecule has 0 aromatic heterocycles. The number of hydrogen-bond acceptors (Lipinski definition) is 3. The molecule has 4 nitrogen and oxygen atoms in total. The number of aliphatic hydroxyl groups excluding tert-OH is 2. The fourth-order valence-corrected chi connectivity index (χ4v) is 9.68. The number of aliphatic carboxylic acids is 1. The van der Waals surface area contributed by atoms with Crippen molar-refractivity contribution in [1.82, 2.24) is 0 Å². The molecule has 4 saturated carbocycles. The number of rotatable bonds is 5. The Hall–Kier alpha value is -0.610. The van der Waals surface area contributed by atoms with Crippen LogP contribution in [0.25, 0.3) is 0 Å². The Morgan fingerprint density at radius 2 is 1.80 bits per heavy atom. The summed E-state index contributed by atoms with van der Waals surface area (Å²) in [5, 5.41) is 32.5. The van der Waals surface area contributed by atoms with Crippen LogP contribution in [0.2, 0.25) is 0 Å². The lowest BCUT2D eigenvalue weighted by atomic mass is 9.41. The minimum atomic E-state index is -0.713. The van der Waals surface area contributed by atoms with Gasteiger partial charge in [0.1, 0.15) is 0 Å². The normalized spacial score (nSPS) is 51.5. The van der Waals surface area contributed by atoms with Gasteiger partial charge in [-0.15, -0.1) is 0 Å². The second-order valence-electron chi connectivity index (χ2n) is 12.0. The van der Waals surface area contributed by atoms with Crippen molar-refractivity contribution in [3.63, 3.8) is 0 Å². The predicted octanol–water partition coefficient (Wildman–Crippen LogP) is 5.11. The molecule has 4 aliphatic rings. The summed E-state index contributed by atoms with van der Waals surface area (Å²) in [6.45, 7) is 9.25. The summed E-state index contributed by atoms with van der Waals surface area (Å²) in [4.78, 5) is 11.1. The van der Waals surface area contributed by atoms with Crippen molar-refractivity contribution in [3.8, 4) is 0 Å². The van der Waals surface area contributed by atoms with Crippen molar-refractivity contribution in [2.75, 3.05) is 0 Å². The number of carboxylic acids is 1. The van der Waals surface area contributed by atoms with Crippen LogP contribution >= 0.6 is 0 Å². The zero-order valence-corrected chi connectivity index (χ0v) is 19.5. The van der Waals surface area contributed by atoms with E-state index in [0.717, 1.165) is 25.7 Å². The first kappa shape index (κ1) is 22.6. The van der Waals surface area contributed by atoms with E-state index in [4.69, 9.17) is 5.11 Å². The first-order valence-electron chi connectivity index (χ1n) is 12.7. The number of carbonyl (C=O) groups is 1. The Morgan fingerprint density at radius 3 is 2.47 bits per heavy atom. The van der Waals surface area contributed by atoms with Gasteiger partial charge in [-0.1, -0.05) is 47.0 Å². The molecule has 0 amide bonds. The first-order valence-corrected chi connectivity index (χ1v) is 12.7. The van der Waals surface area contributed by atoms with E-state index in [0.29, 0.717) is 36.0 Å². The van der Waals surface area contributed by atoms with E-state index >= 15 is 0 Å². The Morgan fingerprint density at radius 1 is 1.07 bits per heavy atom.